The molecule has 3 rings (SSSR count). The smallest absolute Gasteiger partial charge is 0.276 e. The van der Waals surface area contributed by atoms with Gasteiger partial charge in [-0.25, -0.2) is 5.01 Å². The molecular formula is C28H31N3O7. The third-order valence-electron chi connectivity index (χ3n) is 6.11. The molecule has 10 heteroatoms. The molecule has 0 radical (unpaired) electrons. The van der Waals surface area contributed by atoms with Crippen molar-refractivity contribution in [2.45, 2.75) is 39.2 Å². The van der Waals surface area contributed by atoms with Crippen molar-refractivity contribution in [2.75, 3.05) is 6.54 Å². The van der Waals surface area contributed by atoms with E-state index in [2.05, 4.69) is 10.7 Å². The predicted molar refractivity (Wildman–Crippen MR) is 140 cm³/mol. The summed E-state index contributed by atoms with van der Waals surface area (Å²) < 4.78 is 0. The maximum atomic E-state index is 13.3. The molecule has 3 aromatic carbocycles. The first-order chi connectivity index (χ1) is 18.1. The standard InChI is InChI=1S/C28H31N3O7/c1-17-9-3-4-11-19(17)27(37)30-31(28(38)21-13-8-15-23(33)25(21)35)18(2)10-5-6-16-29-26(36)20-12-7-14-22(32)24(20)34/h3-4,7-9,11-15,18,32-35H,5-6,10,16H2,1-2H3,(H,29,36)(H,30,37)/t18-/m1/s1. The zero-order chi connectivity index (χ0) is 27.8. The largest absolute Gasteiger partial charge is 0.504 e. The molecule has 0 fully saturated rings. The minimum atomic E-state index is -0.694. The zero-order valence-corrected chi connectivity index (χ0v) is 21.1. The summed E-state index contributed by atoms with van der Waals surface area (Å²) in [6, 6.07) is 14.5. The Morgan fingerprint density at radius 2 is 1.34 bits per heavy atom. The van der Waals surface area contributed by atoms with E-state index in [1.165, 1.54) is 36.4 Å². The summed E-state index contributed by atoms with van der Waals surface area (Å²) in [4.78, 5) is 38.6. The van der Waals surface area contributed by atoms with Crippen molar-refractivity contribution in [1.29, 1.82) is 0 Å². The maximum Gasteiger partial charge on any atom is 0.276 e. The summed E-state index contributed by atoms with van der Waals surface area (Å²) in [5.74, 6) is -3.65. The normalized spacial score (nSPS) is 11.4. The maximum absolute atomic E-state index is 13.3. The highest BCUT2D eigenvalue weighted by Crippen LogP contribution is 2.30. The lowest BCUT2D eigenvalue weighted by molar-refractivity contribution is 0.0483. The van der Waals surface area contributed by atoms with Crippen LogP contribution in [-0.4, -0.2) is 55.7 Å². The topological polar surface area (TPSA) is 159 Å². The predicted octanol–water partition coefficient (Wildman–Crippen LogP) is 3.59. The molecule has 0 saturated carbocycles. The Hall–Kier alpha value is -4.73. The highest BCUT2D eigenvalue weighted by atomic mass is 16.3. The van der Waals surface area contributed by atoms with E-state index >= 15 is 0 Å². The van der Waals surface area contributed by atoms with E-state index in [1.54, 1.807) is 38.1 Å². The second-order valence-corrected chi connectivity index (χ2v) is 8.88. The van der Waals surface area contributed by atoms with E-state index in [0.717, 1.165) is 10.6 Å². The van der Waals surface area contributed by atoms with Crippen molar-refractivity contribution in [1.82, 2.24) is 15.8 Å². The summed E-state index contributed by atoms with van der Waals surface area (Å²) in [7, 11) is 0. The fourth-order valence-corrected chi connectivity index (χ4v) is 3.90. The molecule has 0 aliphatic heterocycles. The minimum absolute atomic E-state index is 0.0417. The first kappa shape index (κ1) is 27.9. The van der Waals surface area contributed by atoms with E-state index < -0.39 is 41.0 Å². The molecule has 0 saturated heterocycles. The molecule has 38 heavy (non-hydrogen) atoms. The summed E-state index contributed by atoms with van der Waals surface area (Å²) in [6.45, 7) is 3.78. The molecular weight excluding hydrogens is 490 g/mol. The second kappa shape index (κ2) is 12.5. The molecule has 0 spiro atoms. The van der Waals surface area contributed by atoms with Crippen LogP contribution in [0.2, 0.25) is 0 Å². The van der Waals surface area contributed by atoms with Crippen LogP contribution in [0, 0.1) is 6.92 Å². The summed E-state index contributed by atoms with van der Waals surface area (Å²) in [6.07, 6.45) is 1.52. The Labute approximate surface area is 220 Å². The van der Waals surface area contributed by atoms with Gasteiger partial charge < -0.3 is 25.7 Å². The van der Waals surface area contributed by atoms with Gasteiger partial charge in [0.25, 0.3) is 17.7 Å². The molecule has 0 bridgehead atoms. The minimum Gasteiger partial charge on any atom is -0.504 e. The van der Waals surface area contributed by atoms with Gasteiger partial charge >= 0.3 is 0 Å². The van der Waals surface area contributed by atoms with Gasteiger partial charge in [-0.1, -0.05) is 30.3 Å². The van der Waals surface area contributed by atoms with Gasteiger partial charge in [0.15, 0.2) is 23.0 Å². The zero-order valence-electron chi connectivity index (χ0n) is 21.1. The number of aromatic hydroxyl groups is 4. The van der Waals surface area contributed by atoms with E-state index in [9.17, 15) is 34.8 Å². The summed E-state index contributed by atoms with van der Waals surface area (Å²) in [5.41, 5.74) is 3.54. The number of carbonyl (C=O) groups is 3. The molecule has 0 aromatic heterocycles. The van der Waals surface area contributed by atoms with Crippen molar-refractivity contribution in [3.8, 4) is 23.0 Å². The lowest BCUT2D eigenvalue weighted by atomic mass is 10.1. The second-order valence-electron chi connectivity index (χ2n) is 8.88. The van der Waals surface area contributed by atoms with E-state index in [0.29, 0.717) is 24.8 Å². The van der Waals surface area contributed by atoms with Crippen molar-refractivity contribution >= 4 is 17.7 Å². The fraction of sp³-hybridized carbons (Fsp3) is 0.250. The Bertz CT molecular complexity index is 1330. The number of phenols is 4. The Balaban J connectivity index is 1.66. The number of aryl methyl sites for hydroxylation is 1. The summed E-state index contributed by atoms with van der Waals surface area (Å²) in [5, 5.41) is 43.3. The number of nitrogens with zero attached hydrogens (tertiary/aromatic N) is 1. The van der Waals surface area contributed by atoms with E-state index in [4.69, 9.17) is 0 Å². The van der Waals surface area contributed by atoms with Crippen LogP contribution in [0.15, 0.2) is 60.7 Å². The number of rotatable bonds is 9. The van der Waals surface area contributed by atoms with Gasteiger partial charge in [-0.15, -0.1) is 0 Å². The van der Waals surface area contributed by atoms with Crippen LogP contribution in [0.5, 0.6) is 23.0 Å². The number of benzene rings is 3. The van der Waals surface area contributed by atoms with E-state index in [1.807, 2.05) is 0 Å². The average Bonchev–Trinajstić information content (AvgIpc) is 2.89. The van der Waals surface area contributed by atoms with Crippen LogP contribution >= 0.6 is 0 Å². The lowest BCUT2D eigenvalue weighted by Gasteiger charge is -2.30. The van der Waals surface area contributed by atoms with Gasteiger partial charge in [-0.2, -0.15) is 0 Å². The van der Waals surface area contributed by atoms with Crippen molar-refractivity contribution in [3.63, 3.8) is 0 Å². The van der Waals surface area contributed by atoms with Crippen LogP contribution in [0.3, 0.4) is 0 Å². The van der Waals surface area contributed by atoms with Gasteiger partial charge in [0.1, 0.15) is 0 Å². The number of phenolic OH excluding ortho intramolecular Hbond substituents is 4. The van der Waals surface area contributed by atoms with Gasteiger partial charge in [0.2, 0.25) is 0 Å². The van der Waals surface area contributed by atoms with Gasteiger partial charge in [-0.05, 0) is 69.0 Å². The molecule has 1 atom stereocenters. The van der Waals surface area contributed by atoms with Crippen molar-refractivity contribution < 1.29 is 34.8 Å². The Morgan fingerprint density at radius 3 is 2.00 bits per heavy atom. The number of hydrogen-bond acceptors (Lipinski definition) is 7. The molecule has 6 N–H and O–H groups in total. The van der Waals surface area contributed by atoms with Crippen LogP contribution in [-0.2, 0) is 0 Å². The van der Waals surface area contributed by atoms with Crippen LogP contribution in [0.25, 0.3) is 0 Å². The lowest BCUT2D eigenvalue weighted by Crippen LogP contribution is -2.51. The number of para-hydroxylation sites is 2. The molecule has 3 amide bonds. The van der Waals surface area contributed by atoms with Gasteiger partial charge in [0.05, 0.1) is 17.2 Å². The molecule has 10 nitrogen and oxygen atoms in total. The van der Waals surface area contributed by atoms with Crippen LogP contribution in [0.1, 0.15) is 62.8 Å². The average molecular weight is 522 g/mol. The van der Waals surface area contributed by atoms with Gasteiger partial charge in [0, 0.05) is 12.1 Å². The summed E-state index contributed by atoms with van der Waals surface area (Å²) >= 11 is 0. The Kier molecular flexibility index (Phi) is 9.15. The number of amides is 3. The van der Waals surface area contributed by atoms with Crippen LogP contribution in [0.4, 0.5) is 0 Å². The first-order valence-electron chi connectivity index (χ1n) is 12.1. The fourth-order valence-electron chi connectivity index (χ4n) is 3.90. The highest BCUT2D eigenvalue weighted by Gasteiger charge is 2.27. The number of carbonyl (C=O) groups excluding carboxylic acids is 3. The van der Waals surface area contributed by atoms with Gasteiger partial charge in [-0.3, -0.25) is 19.8 Å². The SMILES string of the molecule is Cc1ccccc1C(=O)NN(C(=O)c1cccc(O)c1O)[C@H](C)CCCCNC(=O)c1cccc(O)c1O. The van der Waals surface area contributed by atoms with Crippen molar-refractivity contribution in [3.05, 3.63) is 82.9 Å². The number of unbranched alkanes of at least 4 members (excludes halogenated alkanes) is 1. The quantitative estimate of drug-likeness (QED) is 0.143. The molecule has 0 unspecified atom stereocenters. The monoisotopic (exact) mass is 521 g/mol. The third-order valence-corrected chi connectivity index (χ3v) is 6.11. The third kappa shape index (κ3) is 6.52. The molecule has 0 heterocycles. The molecule has 3 aromatic rings. The molecule has 200 valence electrons. The Morgan fingerprint density at radius 1 is 0.763 bits per heavy atom. The van der Waals surface area contributed by atoms with E-state index in [-0.39, 0.29) is 23.4 Å². The molecule has 0 aliphatic carbocycles. The van der Waals surface area contributed by atoms with Crippen molar-refractivity contribution in [2.24, 2.45) is 0 Å². The highest BCUT2D eigenvalue weighted by molar-refractivity contribution is 6.01. The number of hydrogen-bond donors (Lipinski definition) is 6. The van der Waals surface area contributed by atoms with Crippen LogP contribution < -0.4 is 10.7 Å². The number of hydrazine groups is 1. The number of nitrogens with one attached hydrogen (secondary N) is 2. The first-order valence-corrected chi connectivity index (χ1v) is 12.1. The molecule has 0 aliphatic rings.